The van der Waals surface area contributed by atoms with Gasteiger partial charge >= 0.3 is 0 Å². The van der Waals surface area contributed by atoms with Gasteiger partial charge in [0.1, 0.15) is 29.0 Å². The van der Waals surface area contributed by atoms with E-state index < -0.39 is 40.9 Å². The SMILES string of the molecule is CC[C@@](O)(c1cc(F)c2c(c1)C(=O)N(Cc1ncc(C#N)cn1)[C@@]2(O[C@H]1C[C@@H](O)C1)c1ccc(Cl)cc1)C1(F)CCOCC1. The molecule has 3 aromatic rings. The summed E-state index contributed by atoms with van der Waals surface area (Å²) in [5.41, 5.74) is -5.73. The highest BCUT2D eigenvalue weighted by atomic mass is 35.5. The van der Waals surface area contributed by atoms with Crippen molar-refractivity contribution in [3.8, 4) is 6.07 Å². The molecule has 2 N–H and O–H groups in total. The number of hydrogen-bond donors (Lipinski definition) is 2. The van der Waals surface area contributed by atoms with E-state index in [9.17, 15) is 20.3 Å². The molecule has 1 aromatic heterocycles. The van der Waals surface area contributed by atoms with Crippen LogP contribution in [0.2, 0.25) is 5.02 Å². The summed E-state index contributed by atoms with van der Waals surface area (Å²) < 4.78 is 45.1. The molecule has 0 radical (unpaired) electrons. The van der Waals surface area contributed by atoms with Gasteiger partial charge in [-0.3, -0.25) is 9.69 Å². The predicted molar refractivity (Wildman–Crippen MR) is 153 cm³/mol. The quantitative estimate of drug-likeness (QED) is 0.371. The van der Waals surface area contributed by atoms with E-state index in [2.05, 4.69) is 9.97 Å². The van der Waals surface area contributed by atoms with Crippen molar-refractivity contribution in [2.24, 2.45) is 0 Å². The maximum atomic E-state index is 16.7. The Hall–Kier alpha value is -3.53. The Morgan fingerprint density at radius 1 is 1.20 bits per heavy atom. The number of ether oxygens (including phenoxy) is 2. The van der Waals surface area contributed by atoms with Crippen LogP contribution in [0.5, 0.6) is 0 Å². The Bertz CT molecular complexity index is 1610. The van der Waals surface area contributed by atoms with Crippen LogP contribution in [0, 0.1) is 17.1 Å². The monoisotopic (exact) mass is 624 g/mol. The number of aromatic nitrogens is 2. The summed E-state index contributed by atoms with van der Waals surface area (Å²) in [6.45, 7) is 1.57. The molecule has 9 nitrogen and oxygen atoms in total. The maximum absolute atomic E-state index is 16.7. The molecule has 0 unspecified atom stereocenters. The summed E-state index contributed by atoms with van der Waals surface area (Å²) in [7, 11) is 0. The zero-order valence-corrected chi connectivity index (χ0v) is 24.7. The van der Waals surface area contributed by atoms with Crippen molar-refractivity contribution in [1.29, 1.82) is 5.26 Å². The van der Waals surface area contributed by atoms with Gasteiger partial charge in [-0.1, -0.05) is 30.7 Å². The van der Waals surface area contributed by atoms with Crippen molar-refractivity contribution < 1.29 is 33.3 Å². The number of hydrogen-bond acceptors (Lipinski definition) is 8. The van der Waals surface area contributed by atoms with Crippen LogP contribution in [-0.4, -0.2) is 62.1 Å². The van der Waals surface area contributed by atoms with Gasteiger partial charge in [0.15, 0.2) is 0 Å². The van der Waals surface area contributed by atoms with Gasteiger partial charge < -0.3 is 19.7 Å². The third-order valence-electron chi connectivity index (χ3n) is 9.08. The number of fused-ring (bicyclic) bond motifs is 1. The standard InChI is InChI=1S/C32H31ClF2N4O5/c1-2-31(42,30(35)7-9-43-10-8-30)21-11-25-28(26(34)12-21)32(44-24-13-23(40)14-24,20-3-5-22(33)6-4-20)39(29(25)41)18-27-37-16-19(15-36)17-38-27/h3-6,11-12,16-17,23-24,40,42H,2,7-10,13-14,18H2,1H3/t23-,24+,31-,32-/m1/s1. The number of nitrogens with zero attached hydrogens (tertiary/aromatic N) is 4. The number of carbonyl (C=O) groups excluding carboxylic acids is 1. The first-order chi connectivity index (χ1) is 21.0. The maximum Gasteiger partial charge on any atom is 0.257 e. The van der Waals surface area contributed by atoms with Crippen LogP contribution in [0.1, 0.15) is 77.5 Å². The van der Waals surface area contributed by atoms with Gasteiger partial charge in [-0.2, -0.15) is 5.26 Å². The molecule has 12 heteroatoms. The molecule has 44 heavy (non-hydrogen) atoms. The van der Waals surface area contributed by atoms with Gasteiger partial charge in [-0.25, -0.2) is 18.7 Å². The van der Waals surface area contributed by atoms with E-state index in [4.69, 9.17) is 21.1 Å². The van der Waals surface area contributed by atoms with Crippen molar-refractivity contribution in [2.45, 2.75) is 74.8 Å². The first-order valence-corrected chi connectivity index (χ1v) is 14.9. The van der Waals surface area contributed by atoms with Crippen LogP contribution in [0.25, 0.3) is 0 Å². The predicted octanol–water partition coefficient (Wildman–Crippen LogP) is 4.65. The summed E-state index contributed by atoms with van der Waals surface area (Å²) in [4.78, 5) is 24.2. The lowest BCUT2D eigenvalue weighted by molar-refractivity contribution is -0.191. The number of alkyl halides is 1. The van der Waals surface area contributed by atoms with Crippen LogP contribution in [0.3, 0.4) is 0 Å². The number of aliphatic hydroxyl groups is 2. The zero-order valence-electron chi connectivity index (χ0n) is 24.0. The summed E-state index contributed by atoms with van der Waals surface area (Å²) in [5, 5.41) is 31.5. The molecule has 6 rings (SSSR count). The highest BCUT2D eigenvalue weighted by Gasteiger charge is 2.58. The lowest BCUT2D eigenvalue weighted by Gasteiger charge is -2.45. The van der Waals surface area contributed by atoms with Gasteiger partial charge in [0.05, 0.1) is 35.4 Å². The van der Waals surface area contributed by atoms with E-state index >= 15 is 8.78 Å². The Morgan fingerprint density at radius 2 is 1.86 bits per heavy atom. The van der Waals surface area contributed by atoms with E-state index in [0.29, 0.717) is 10.6 Å². The molecule has 2 atom stereocenters. The highest BCUT2D eigenvalue weighted by Crippen LogP contribution is 2.52. The Kier molecular flexibility index (Phi) is 7.93. The fourth-order valence-corrected chi connectivity index (χ4v) is 6.66. The third-order valence-corrected chi connectivity index (χ3v) is 9.33. The first kappa shape index (κ1) is 30.5. The fourth-order valence-electron chi connectivity index (χ4n) is 6.53. The molecule has 2 aromatic carbocycles. The molecule has 0 spiro atoms. The molecule has 2 aliphatic heterocycles. The molecule has 1 saturated heterocycles. The number of aliphatic hydroxyl groups excluding tert-OH is 1. The molecule has 1 saturated carbocycles. The van der Waals surface area contributed by atoms with E-state index in [1.807, 2.05) is 6.07 Å². The molecule has 3 heterocycles. The topological polar surface area (TPSA) is 129 Å². The molecule has 3 aliphatic rings. The molecular formula is C32H31ClF2N4O5. The van der Waals surface area contributed by atoms with Gasteiger partial charge in [-0.15, -0.1) is 0 Å². The molecule has 230 valence electrons. The lowest BCUT2D eigenvalue weighted by atomic mass is 9.72. The van der Waals surface area contributed by atoms with Gasteiger partial charge in [0.2, 0.25) is 5.72 Å². The minimum absolute atomic E-state index is 0.0606. The first-order valence-electron chi connectivity index (χ1n) is 14.5. The average molecular weight is 625 g/mol. The number of nitriles is 1. The number of halogens is 3. The Morgan fingerprint density at radius 3 is 2.45 bits per heavy atom. The van der Waals surface area contributed by atoms with E-state index in [1.54, 1.807) is 31.2 Å². The van der Waals surface area contributed by atoms with Crippen molar-refractivity contribution >= 4 is 17.5 Å². The third kappa shape index (κ3) is 4.86. The number of benzene rings is 2. The van der Waals surface area contributed by atoms with E-state index in [1.165, 1.54) is 23.4 Å². The van der Waals surface area contributed by atoms with Gasteiger partial charge in [0, 0.05) is 49.0 Å². The second kappa shape index (κ2) is 11.4. The fraction of sp³-hybridized carbons (Fsp3) is 0.438. The number of carbonyl (C=O) groups is 1. The Balaban J connectivity index is 1.55. The van der Waals surface area contributed by atoms with Crippen molar-refractivity contribution in [2.75, 3.05) is 13.2 Å². The van der Waals surface area contributed by atoms with Crippen molar-refractivity contribution in [1.82, 2.24) is 14.9 Å². The molecule has 1 aliphatic carbocycles. The molecule has 0 bridgehead atoms. The smallest absolute Gasteiger partial charge is 0.257 e. The summed E-state index contributed by atoms with van der Waals surface area (Å²) in [6.07, 6.45) is 1.77. The van der Waals surface area contributed by atoms with Crippen molar-refractivity contribution in [3.63, 3.8) is 0 Å². The van der Waals surface area contributed by atoms with Crippen LogP contribution in [0.4, 0.5) is 8.78 Å². The van der Waals surface area contributed by atoms with Gasteiger partial charge in [0.25, 0.3) is 5.91 Å². The minimum atomic E-state index is -2.11. The number of rotatable bonds is 8. The molecule has 2 fully saturated rings. The number of amides is 1. The minimum Gasteiger partial charge on any atom is -0.393 e. The van der Waals surface area contributed by atoms with Crippen LogP contribution in [-0.2, 0) is 27.3 Å². The average Bonchev–Trinajstić information content (AvgIpc) is 3.24. The summed E-state index contributed by atoms with van der Waals surface area (Å²) >= 11 is 6.21. The second-order valence-corrected chi connectivity index (χ2v) is 12.0. The van der Waals surface area contributed by atoms with Crippen molar-refractivity contribution in [3.05, 3.63) is 93.3 Å². The van der Waals surface area contributed by atoms with Crippen LogP contribution < -0.4 is 0 Å². The van der Waals surface area contributed by atoms with Crippen LogP contribution >= 0.6 is 11.6 Å². The zero-order chi connectivity index (χ0) is 31.3. The van der Waals surface area contributed by atoms with E-state index in [0.717, 1.165) is 6.07 Å². The molecule has 1 amide bonds. The normalized spacial score (nSPS) is 25.6. The van der Waals surface area contributed by atoms with Crippen LogP contribution in [0.15, 0.2) is 48.8 Å². The van der Waals surface area contributed by atoms with E-state index in [-0.39, 0.29) is 79.9 Å². The lowest BCUT2D eigenvalue weighted by Crippen LogP contribution is -2.52. The second-order valence-electron chi connectivity index (χ2n) is 11.6. The Labute approximate surface area is 258 Å². The largest absolute Gasteiger partial charge is 0.393 e. The van der Waals surface area contributed by atoms with Gasteiger partial charge in [-0.05, 0) is 49.1 Å². The highest BCUT2D eigenvalue weighted by molar-refractivity contribution is 6.30. The molecular weight excluding hydrogens is 594 g/mol. The summed E-state index contributed by atoms with van der Waals surface area (Å²) in [6, 6.07) is 10.8. The summed E-state index contributed by atoms with van der Waals surface area (Å²) in [5.74, 6) is -1.36.